The summed E-state index contributed by atoms with van der Waals surface area (Å²) in [6.07, 6.45) is 6.04. The van der Waals surface area contributed by atoms with Crippen molar-refractivity contribution in [2.75, 3.05) is 22.4 Å². The van der Waals surface area contributed by atoms with E-state index in [4.69, 9.17) is 0 Å². The topological polar surface area (TPSA) is 92.3 Å². The predicted octanol–water partition coefficient (Wildman–Crippen LogP) is 2.85. The van der Waals surface area contributed by atoms with Crippen molar-refractivity contribution in [3.8, 4) is 0 Å². The Morgan fingerprint density at radius 3 is 2.85 bits per heavy atom. The van der Waals surface area contributed by atoms with E-state index >= 15 is 0 Å². The van der Waals surface area contributed by atoms with Crippen molar-refractivity contribution >= 4 is 38.1 Å². The first-order valence-electron chi connectivity index (χ1n) is 8.63. The van der Waals surface area contributed by atoms with Crippen molar-refractivity contribution in [2.24, 2.45) is 0 Å². The number of unbranched alkanes of at least 4 members (excludes halogenated alkanes) is 2. The molecule has 26 heavy (non-hydrogen) atoms. The Balaban J connectivity index is 1.68. The quantitative estimate of drug-likeness (QED) is 0.729. The lowest BCUT2D eigenvalue weighted by atomic mass is 10.1. The van der Waals surface area contributed by atoms with Crippen molar-refractivity contribution < 1.29 is 13.2 Å². The molecule has 3 rings (SSSR count). The number of benzene rings is 1. The van der Waals surface area contributed by atoms with Crippen LogP contribution in [0, 0.1) is 0 Å². The summed E-state index contributed by atoms with van der Waals surface area (Å²) < 4.78 is 24.9. The standard InChI is InChI=1S/C17H22N4O3S2/c1-3-4-5-6-15-19-20-17(25-15)18-16(22)13-7-8-14-12(11-13)9-10-21(14)26(2,23)24/h7-8,11H,3-6,9-10H2,1-2H3,(H,18,20,22). The third-order valence-electron chi connectivity index (χ3n) is 4.28. The zero-order valence-electron chi connectivity index (χ0n) is 14.9. The number of nitrogens with zero attached hydrogens (tertiary/aromatic N) is 3. The molecule has 1 N–H and O–H groups in total. The maximum Gasteiger partial charge on any atom is 0.257 e. The Labute approximate surface area is 157 Å². The number of amides is 1. The molecule has 0 fully saturated rings. The number of aryl methyl sites for hydroxylation is 1. The fraction of sp³-hybridized carbons (Fsp3) is 0.471. The molecule has 0 bridgehead atoms. The molecular weight excluding hydrogens is 372 g/mol. The van der Waals surface area contributed by atoms with E-state index in [0.29, 0.717) is 29.3 Å². The molecule has 1 aliphatic rings. The van der Waals surface area contributed by atoms with Gasteiger partial charge in [0.2, 0.25) is 15.2 Å². The Bertz CT molecular complexity index is 908. The minimum absolute atomic E-state index is 0.262. The number of fused-ring (bicyclic) bond motifs is 1. The molecule has 0 atom stereocenters. The summed E-state index contributed by atoms with van der Waals surface area (Å²) in [4.78, 5) is 12.5. The molecule has 9 heteroatoms. The summed E-state index contributed by atoms with van der Waals surface area (Å²) in [7, 11) is -3.29. The number of hydrogen-bond donors (Lipinski definition) is 1. The number of carbonyl (C=O) groups excluding carboxylic acids is 1. The highest BCUT2D eigenvalue weighted by atomic mass is 32.2. The van der Waals surface area contributed by atoms with Crippen molar-refractivity contribution in [1.29, 1.82) is 0 Å². The summed E-state index contributed by atoms with van der Waals surface area (Å²) in [5.74, 6) is -0.262. The van der Waals surface area contributed by atoms with E-state index in [-0.39, 0.29) is 5.91 Å². The molecule has 1 aliphatic heterocycles. The van der Waals surface area contributed by atoms with Crippen molar-refractivity contribution in [1.82, 2.24) is 10.2 Å². The zero-order chi connectivity index (χ0) is 18.7. The second-order valence-electron chi connectivity index (χ2n) is 6.34. The Hall–Kier alpha value is -2.00. The average molecular weight is 395 g/mol. The summed E-state index contributed by atoms with van der Waals surface area (Å²) in [5, 5.41) is 12.3. The van der Waals surface area contributed by atoms with E-state index in [0.717, 1.165) is 36.3 Å². The van der Waals surface area contributed by atoms with Crippen LogP contribution in [-0.2, 0) is 22.9 Å². The molecule has 2 heterocycles. The fourth-order valence-corrected chi connectivity index (χ4v) is 4.69. The van der Waals surface area contributed by atoms with E-state index in [1.165, 1.54) is 21.9 Å². The molecule has 0 aliphatic carbocycles. The molecule has 0 spiro atoms. The van der Waals surface area contributed by atoms with Gasteiger partial charge in [-0.3, -0.25) is 14.4 Å². The van der Waals surface area contributed by atoms with Crippen LogP contribution in [0.5, 0.6) is 0 Å². The van der Waals surface area contributed by atoms with Gasteiger partial charge in [0.1, 0.15) is 5.01 Å². The highest BCUT2D eigenvalue weighted by molar-refractivity contribution is 7.92. The third-order valence-corrected chi connectivity index (χ3v) is 6.35. The fourth-order valence-electron chi connectivity index (χ4n) is 2.96. The zero-order valence-corrected chi connectivity index (χ0v) is 16.5. The van der Waals surface area contributed by atoms with Crippen molar-refractivity contribution in [3.05, 3.63) is 34.3 Å². The van der Waals surface area contributed by atoms with Gasteiger partial charge in [-0.2, -0.15) is 0 Å². The average Bonchev–Trinajstić information content (AvgIpc) is 3.20. The first-order chi connectivity index (χ1) is 12.4. The number of hydrogen-bond acceptors (Lipinski definition) is 6. The molecule has 1 aromatic carbocycles. The number of anilines is 2. The van der Waals surface area contributed by atoms with Crippen LogP contribution in [0.4, 0.5) is 10.8 Å². The van der Waals surface area contributed by atoms with Gasteiger partial charge in [-0.25, -0.2) is 8.42 Å². The van der Waals surface area contributed by atoms with Crippen molar-refractivity contribution in [3.63, 3.8) is 0 Å². The summed E-state index contributed by atoms with van der Waals surface area (Å²) in [6, 6.07) is 5.08. The predicted molar refractivity (Wildman–Crippen MR) is 103 cm³/mol. The van der Waals surface area contributed by atoms with Crippen LogP contribution in [0.2, 0.25) is 0 Å². The maximum atomic E-state index is 12.5. The van der Waals surface area contributed by atoms with E-state index in [9.17, 15) is 13.2 Å². The van der Waals surface area contributed by atoms with Gasteiger partial charge in [-0.1, -0.05) is 31.1 Å². The van der Waals surface area contributed by atoms with Crippen LogP contribution in [0.25, 0.3) is 0 Å². The third kappa shape index (κ3) is 4.21. The highest BCUT2D eigenvalue weighted by Crippen LogP contribution is 2.31. The van der Waals surface area contributed by atoms with Gasteiger partial charge in [0.15, 0.2) is 0 Å². The minimum Gasteiger partial charge on any atom is -0.296 e. The van der Waals surface area contributed by atoms with Crippen LogP contribution >= 0.6 is 11.3 Å². The molecule has 0 radical (unpaired) electrons. The SMILES string of the molecule is CCCCCc1nnc(NC(=O)c2ccc3c(c2)CCN3S(C)(=O)=O)s1. The Morgan fingerprint density at radius 1 is 1.31 bits per heavy atom. The number of nitrogens with one attached hydrogen (secondary N) is 1. The highest BCUT2D eigenvalue weighted by Gasteiger charge is 2.26. The largest absolute Gasteiger partial charge is 0.296 e. The second kappa shape index (κ2) is 7.71. The molecule has 1 aromatic heterocycles. The van der Waals surface area contributed by atoms with Crippen molar-refractivity contribution in [2.45, 2.75) is 39.0 Å². The summed E-state index contributed by atoms with van der Waals surface area (Å²) >= 11 is 1.39. The second-order valence-corrected chi connectivity index (χ2v) is 9.31. The molecule has 0 saturated carbocycles. The first kappa shape index (κ1) is 18.8. The van der Waals surface area contributed by atoms with Gasteiger partial charge in [-0.15, -0.1) is 10.2 Å². The van der Waals surface area contributed by atoms with Crippen LogP contribution in [0.3, 0.4) is 0 Å². The van der Waals surface area contributed by atoms with Crippen LogP contribution in [0.15, 0.2) is 18.2 Å². The Kier molecular flexibility index (Phi) is 5.57. The minimum atomic E-state index is -3.29. The van der Waals surface area contributed by atoms with Gasteiger partial charge >= 0.3 is 0 Å². The summed E-state index contributed by atoms with van der Waals surface area (Å²) in [6.45, 7) is 2.56. The number of aromatic nitrogens is 2. The van der Waals surface area contributed by atoms with Crippen LogP contribution < -0.4 is 9.62 Å². The normalized spacial score (nSPS) is 13.7. The molecule has 7 nitrogen and oxygen atoms in total. The lowest BCUT2D eigenvalue weighted by Crippen LogP contribution is -2.27. The van der Waals surface area contributed by atoms with Gasteiger partial charge in [0.25, 0.3) is 5.91 Å². The molecular formula is C17H22N4O3S2. The monoisotopic (exact) mass is 394 g/mol. The van der Waals surface area contributed by atoms with E-state index in [1.807, 2.05) is 0 Å². The molecule has 2 aromatic rings. The van der Waals surface area contributed by atoms with Gasteiger partial charge in [-0.05, 0) is 36.6 Å². The molecule has 0 unspecified atom stereocenters. The van der Waals surface area contributed by atoms with E-state index < -0.39 is 10.0 Å². The number of sulfonamides is 1. The lowest BCUT2D eigenvalue weighted by molar-refractivity contribution is 0.102. The molecule has 1 amide bonds. The Morgan fingerprint density at radius 2 is 2.12 bits per heavy atom. The smallest absolute Gasteiger partial charge is 0.257 e. The van der Waals surface area contributed by atoms with Gasteiger partial charge in [0.05, 0.1) is 11.9 Å². The molecule has 0 saturated heterocycles. The lowest BCUT2D eigenvalue weighted by Gasteiger charge is -2.16. The molecule has 140 valence electrons. The first-order valence-corrected chi connectivity index (χ1v) is 11.3. The van der Waals surface area contributed by atoms with Gasteiger partial charge in [0, 0.05) is 18.5 Å². The maximum absolute atomic E-state index is 12.5. The van der Waals surface area contributed by atoms with Crippen LogP contribution in [0.1, 0.15) is 47.1 Å². The van der Waals surface area contributed by atoms with E-state index in [1.54, 1.807) is 18.2 Å². The number of rotatable bonds is 7. The summed E-state index contributed by atoms with van der Waals surface area (Å²) in [5.41, 5.74) is 2.00. The van der Waals surface area contributed by atoms with E-state index in [2.05, 4.69) is 22.4 Å². The van der Waals surface area contributed by atoms with Crippen LogP contribution in [-0.4, -0.2) is 37.3 Å². The van der Waals surface area contributed by atoms with Gasteiger partial charge < -0.3 is 0 Å². The number of carbonyl (C=O) groups is 1.